The third kappa shape index (κ3) is 4.51. The van der Waals surface area contributed by atoms with Gasteiger partial charge < -0.3 is 19.6 Å². The fourth-order valence-corrected chi connectivity index (χ4v) is 2.16. The number of anilines is 1. The van der Waals surface area contributed by atoms with Crippen molar-refractivity contribution >= 4 is 17.8 Å². The molecule has 0 saturated carbocycles. The van der Waals surface area contributed by atoms with E-state index in [0.717, 1.165) is 0 Å². The Hall–Kier alpha value is -3.53. The first kappa shape index (κ1) is 18.8. The minimum Gasteiger partial charge on any atom is -0.493 e. The van der Waals surface area contributed by atoms with Crippen molar-refractivity contribution in [3.63, 3.8) is 0 Å². The number of carbonyl (C=O) groups is 1. The number of ether oxygens (including phenoxy) is 2. The number of methoxy groups -OCH3 is 2. The van der Waals surface area contributed by atoms with Gasteiger partial charge in [-0.2, -0.15) is 5.26 Å². The molecule has 26 heavy (non-hydrogen) atoms. The van der Waals surface area contributed by atoms with Crippen LogP contribution >= 0.6 is 0 Å². The van der Waals surface area contributed by atoms with Gasteiger partial charge in [0.1, 0.15) is 6.07 Å². The van der Waals surface area contributed by atoms with Gasteiger partial charge in [-0.05, 0) is 31.2 Å². The lowest BCUT2D eigenvalue weighted by Gasteiger charge is -2.12. The monoisotopic (exact) mass is 353 g/mol. The van der Waals surface area contributed by atoms with Gasteiger partial charge in [0.15, 0.2) is 11.5 Å². The van der Waals surface area contributed by atoms with E-state index in [1.54, 1.807) is 56.5 Å². The van der Waals surface area contributed by atoms with Crippen molar-refractivity contribution in [1.29, 1.82) is 5.26 Å². The normalized spacial score (nSPS) is 11.5. The maximum Gasteiger partial charge on any atom is 0.268 e. The average molecular weight is 353 g/mol. The summed E-state index contributed by atoms with van der Waals surface area (Å²) in [5.41, 5.74) is 1.45. The summed E-state index contributed by atoms with van der Waals surface area (Å²) < 4.78 is 10.5. The highest BCUT2D eigenvalue weighted by Gasteiger charge is 2.16. The number of rotatable bonds is 7. The van der Waals surface area contributed by atoms with Crippen molar-refractivity contribution in [3.8, 4) is 17.6 Å². The van der Waals surface area contributed by atoms with Gasteiger partial charge in [-0.25, -0.2) is 0 Å². The van der Waals surface area contributed by atoms with Gasteiger partial charge in [-0.15, -0.1) is 0 Å². The minimum absolute atomic E-state index is 0.373. The Kier molecular flexibility index (Phi) is 6.57. The lowest BCUT2D eigenvalue weighted by molar-refractivity contribution is -0.126. The summed E-state index contributed by atoms with van der Waals surface area (Å²) in [4.78, 5) is 17.4. The molecule has 1 atom stereocenters. The van der Waals surface area contributed by atoms with Crippen LogP contribution in [0.1, 0.15) is 18.1 Å². The molecule has 0 unspecified atom stereocenters. The zero-order valence-corrected chi connectivity index (χ0v) is 14.7. The summed E-state index contributed by atoms with van der Waals surface area (Å²) >= 11 is 0. The van der Waals surface area contributed by atoms with Crippen molar-refractivity contribution < 1.29 is 19.1 Å². The molecule has 0 saturated heterocycles. The molecule has 7 heteroatoms. The summed E-state index contributed by atoms with van der Waals surface area (Å²) in [5, 5.41) is 15.5. The molecule has 0 spiro atoms. The Morgan fingerprint density at radius 2 is 1.96 bits per heavy atom. The van der Waals surface area contributed by atoms with E-state index in [1.807, 2.05) is 6.07 Å². The molecular weight excluding hydrogens is 334 g/mol. The zero-order valence-electron chi connectivity index (χ0n) is 14.7. The van der Waals surface area contributed by atoms with E-state index in [-0.39, 0.29) is 0 Å². The molecule has 0 fully saturated rings. The highest BCUT2D eigenvalue weighted by molar-refractivity contribution is 5.95. The molecule has 0 radical (unpaired) electrons. The first-order chi connectivity index (χ1) is 12.6. The molecule has 2 rings (SSSR count). The molecule has 2 aromatic carbocycles. The molecule has 0 heterocycles. The number of para-hydroxylation sites is 2. The molecule has 134 valence electrons. The summed E-state index contributed by atoms with van der Waals surface area (Å²) in [5.74, 6) is 0.667. The third-order valence-electron chi connectivity index (χ3n) is 3.52. The van der Waals surface area contributed by atoms with Crippen LogP contribution in [0.2, 0.25) is 0 Å². The first-order valence-electron chi connectivity index (χ1n) is 7.81. The van der Waals surface area contributed by atoms with Crippen LogP contribution < -0.4 is 14.8 Å². The topological polar surface area (TPSA) is 92.9 Å². The number of hydrogen-bond acceptors (Lipinski definition) is 6. The molecule has 2 aromatic rings. The van der Waals surface area contributed by atoms with E-state index < -0.39 is 12.0 Å². The maximum absolute atomic E-state index is 12.2. The molecule has 0 bridgehead atoms. The molecule has 0 aliphatic heterocycles. The smallest absolute Gasteiger partial charge is 0.268 e. The quantitative estimate of drug-likeness (QED) is 0.610. The predicted molar refractivity (Wildman–Crippen MR) is 97.5 cm³/mol. The lowest BCUT2D eigenvalue weighted by atomic mass is 10.2. The fourth-order valence-electron chi connectivity index (χ4n) is 2.16. The molecule has 0 aliphatic carbocycles. The largest absolute Gasteiger partial charge is 0.493 e. The SMILES string of the molecule is COc1cccc(/C=N\O[C@H](C)C(=O)Nc2ccccc2C#N)c1OC. The van der Waals surface area contributed by atoms with Crippen LogP contribution in [0.25, 0.3) is 0 Å². The van der Waals surface area contributed by atoms with E-state index in [4.69, 9.17) is 19.6 Å². The van der Waals surface area contributed by atoms with Gasteiger partial charge >= 0.3 is 0 Å². The Morgan fingerprint density at radius 3 is 2.65 bits per heavy atom. The van der Waals surface area contributed by atoms with Crippen molar-refractivity contribution in [1.82, 2.24) is 0 Å². The second-order valence-corrected chi connectivity index (χ2v) is 5.21. The van der Waals surface area contributed by atoms with Crippen LogP contribution in [0.4, 0.5) is 5.69 Å². The highest BCUT2D eigenvalue weighted by Crippen LogP contribution is 2.29. The van der Waals surface area contributed by atoms with Gasteiger partial charge in [0, 0.05) is 5.56 Å². The number of nitrogens with zero attached hydrogens (tertiary/aromatic N) is 2. The van der Waals surface area contributed by atoms with Crippen molar-refractivity contribution in [3.05, 3.63) is 53.6 Å². The molecule has 1 N–H and O–H groups in total. The standard InChI is InChI=1S/C19H19N3O4/c1-13(19(23)22-16-9-5-4-7-14(16)11-20)26-21-12-15-8-6-10-17(24-2)18(15)25-3/h4-10,12-13H,1-3H3,(H,22,23)/b21-12-/t13-/m1/s1. The number of hydrogen-bond donors (Lipinski definition) is 1. The molecule has 1 amide bonds. The third-order valence-corrected chi connectivity index (χ3v) is 3.52. The molecular formula is C19H19N3O4. The Balaban J connectivity index is 2.02. The summed E-state index contributed by atoms with van der Waals surface area (Å²) in [6.45, 7) is 1.56. The van der Waals surface area contributed by atoms with Gasteiger partial charge in [-0.3, -0.25) is 4.79 Å². The number of amides is 1. The molecule has 7 nitrogen and oxygen atoms in total. The van der Waals surface area contributed by atoms with Gasteiger partial charge in [0.25, 0.3) is 5.91 Å². The van der Waals surface area contributed by atoms with Gasteiger partial charge in [-0.1, -0.05) is 23.4 Å². The Bertz CT molecular complexity index is 843. The number of nitrogens with one attached hydrogen (secondary N) is 1. The second-order valence-electron chi connectivity index (χ2n) is 5.21. The zero-order chi connectivity index (χ0) is 18.9. The van der Waals surface area contributed by atoms with Crippen molar-refractivity contribution in [2.24, 2.45) is 5.16 Å². The van der Waals surface area contributed by atoms with E-state index >= 15 is 0 Å². The van der Waals surface area contributed by atoms with E-state index in [9.17, 15) is 4.79 Å². The van der Waals surface area contributed by atoms with Crippen LogP contribution in [0.5, 0.6) is 11.5 Å². The van der Waals surface area contributed by atoms with Crippen LogP contribution in [0, 0.1) is 11.3 Å². The highest BCUT2D eigenvalue weighted by atomic mass is 16.6. The van der Waals surface area contributed by atoms with E-state index in [0.29, 0.717) is 28.3 Å². The molecule has 0 aliphatic rings. The summed E-state index contributed by atoms with van der Waals surface area (Å²) in [7, 11) is 3.07. The van der Waals surface area contributed by atoms with Gasteiger partial charge in [0.2, 0.25) is 6.10 Å². The predicted octanol–water partition coefficient (Wildman–Crippen LogP) is 2.95. The summed E-state index contributed by atoms with van der Waals surface area (Å²) in [6.07, 6.45) is 0.587. The second kappa shape index (κ2) is 9.08. The maximum atomic E-state index is 12.2. The van der Waals surface area contributed by atoms with E-state index in [2.05, 4.69) is 10.5 Å². The number of oxime groups is 1. The lowest BCUT2D eigenvalue weighted by Crippen LogP contribution is -2.26. The fraction of sp³-hybridized carbons (Fsp3) is 0.211. The minimum atomic E-state index is -0.852. The van der Waals surface area contributed by atoms with Crippen molar-refractivity contribution in [2.75, 3.05) is 19.5 Å². The number of nitriles is 1. The van der Waals surface area contributed by atoms with Crippen LogP contribution in [-0.4, -0.2) is 32.4 Å². The summed E-state index contributed by atoms with van der Waals surface area (Å²) in [6, 6.07) is 14.1. The number of benzene rings is 2. The Morgan fingerprint density at radius 1 is 1.19 bits per heavy atom. The Labute approximate surface area is 151 Å². The van der Waals surface area contributed by atoms with Crippen LogP contribution in [0.15, 0.2) is 47.6 Å². The average Bonchev–Trinajstić information content (AvgIpc) is 2.67. The van der Waals surface area contributed by atoms with Crippen LogP contribution in [0.3, 0.4) is 0 Å². The number of carbonyl (C=O) groups excluding carboxylic acids is 1. The molecule has 0 aromatic heterocycles. The first-order valence-corrected chi connectivity index (χ1v) is 7.81. The van der Waals surface area contributed by atoms with Gasteiger partial charge in [0.05, 0.1) is 31.7 Å². The van der Waals surface area contributed by atoms with Crippen LogP contribution in [-0.2, 0) is 9.63 Å². The van der Waals surface area contributed by atoms with E-state index in [1.165, 1.54) is 13.3 Å². The van der Waals surface area contributed by atoms with Crippen molar-refractivity contribution in [2.45, 2.75) is 13.0 Å².